The number of aliphatic hydroxyl groups excluding tert-OH is 3. The average Bonchev–Trinajstić information content (AvgIpc) is 3.01. The lowest BCUT2D eigenvalue weighted by molar-refractivity contribution is -0.209. The van der Waals surface area contributed by atoms with Crippen molar-refractivity contribution >= 4 is 29.1 Å². The van der Waals surface area contributed by atoms with Crippen molar-refractivity contribution in [2.75, 3.05) is 32.9 Å². The number of hydrogen-bond donors (Lipinski definition) is 5. The van der Waals surface area contributed by atoms with Gasteiger partial charge in [-0.15, -0.1) is 17.6 Å². The van der Waals surface area contributed by atoms with Gasteiger partial charge in [0.25, 0.3) is 0 Å². The summed E-state index contributed by atoms with van der Waals surface area (Å²) < 4.78 is 5.94. The highest BCUT2D eigenvalue weighted by atomic mass is 32.1. The minimum atomic E-state index is -1.34. The van der Waals surface area contributed by atoms with Gasteiger partial charge in [0.05, 0.1) is 6.54 Å². The first-order chi connectivity index (χ1) is 21.9. The van der Waals surface area contributed by atoms with Crippen molar-refractivity contribution < 1.29 is 29.6 Å². The molecule has 2 aromatic rings. The molecule has 0 radical (unpaired) electrons. The molecule has 1 fully saturated rings. The van der Waals surface area contributed by atoms with Crippen LogP contribution in [0.15, 0.2) is 48.5 Å². The van der Waals surface area contributed by atoms with E-state index in [-0.39, 0.29) is 18.2 Å². The molecule has 0 bridgehead atoms. The zero-order chi connectivity index (χ0) is 33.9. The second-order valence-corrected chi connectivity index (χ2v) is 12.8. The topological polar surface area (TPSA) is 131 Å². The van der Waals surface area contributed by atoms with E-state index in [9.17, 15) is 24.9 Å². The molecule has 0 aromatic heterocycles. The number of aliphatic hydroxyl groups is 3. The molecule has 1 saturated heterocycles. The Morgan fingerprint density at radius 1 is 1.11 bits per heavy atom. The Kier molecular flexibility index (Phi) is 14.0. The molecule has 2 aromatic carbocycles. The second-order valence-electron chi connectivity index (χ2n) is 12.2. The highest BCUT2D eigenvalue weighted by Gasteiger charge is 2.43. The van der Waals surface area contributed by atoms with Crippen molar-refractivity contribution in [2.24, 2.45) is 0 Å². The van der Waals surface area contributed by atoms with Gasteiger partial charge in [-0.3, -0.25) is 14.5 Å². The predicted octanol–water partition coefficient (Wildman–Crippen LogP) is 2.80. The lowest BCUT2D eigenvalue weighted by atomic mass is 9.89. The molecule has 5 N–H and O–H groups in total. The number of carbonyl (C=O) groups excluding carboxylic acids is 2. The van der Waals surface area contributed by atoms with Crippen molar-refractivity contribution in [1.82, 2.24) is 15.5 Å². The molecule has 0 aliphatic carbocycles. The van der Waals surface area contributed by atoms with Gasteiger partial charge < -0.3 is 30.7 Å². The van der Waals surface area contributed by atoms with Crippen LogP contribution < -0.4 is 10.6 Å². The van der Waals surface area contributed by atoms with Gasteiger partial charge in [-0.2, -0.15) is 0 Å². The Morgan fingerprint density at radius 3 is 2.50 bits per heavy atom. The van der Waals surface area contributed by atoms with E-state index < -0.39 is 36.1 Å². The molecule has 1 aliphatic heterocycles. The van der Waals surface area contributed by atoms with Gasteiger partial charge in [0.15, 0.2) is 0 Å². The summed E-state index contributed by atoms with van der Waals surface area (Å²) in [7, 11) is 1.88. The number of amides is 2. The lowest BCUT2D eigenvalue weighted by Gasteiger charge is -2.39. The van der Waals surface area contributed by atoms with E-state index in [2.05, 4.69) is 33.9 Å². The third-order valence-electron chi connectivity index (χ3n) is 7.93. The Hall–Kier alpha value is -3.52. The molecule has 1 heterocycles. The quantitative estimate of drug-likeness (QED) is 0.211. The number of likely N-dealkylation sites (N-methyl/N-ethyl adjacent to an activating group) is 1. The first-order valence-corrected chi connectivity index (χ1v) is 16.6. The maximum atomic E-state index is 12.5. The number of nitrogens with zero attached hydrogens (tertiary/aromatic N) is 1. The summed E-state index contributed by atoms with van der Waals surface area (Å²) in [6.45, 7) is 6.95. The van der Waals surface area contributed by atoms with Crippen LogP contribution in [-0.4, -0.2) is 94.9 Å². The van der Waals surface area contributed by atoms with E-state index in [1.165, 1.54) is 11.2 Å². The van der Waals surface area contributed by atoms with Crippen molar-refractivity contribution in [3.8, 4) is 17.5 Å². The summed E-state index contributed by atoms with van der Waals surface area (Å²) in [5.74, 6) is 2.11. The highest BCUT2D eigenvalue weighted by molar-refractivity contribution is 7.87. The molecule has 0 spiro atoms. The SMILES string of the molecule is C#CCN(C)CCNC(=O)C(C)(C)NC(=O)CC/C=C/c1ccc(Cc2cc([C@@H]3OC(C#SC)[C@@H](O)[C@H](O)[C@H]3O)ccc2C)cc1. The largest absolute Gasteiger partial charge is 0.387 e. The van der Waals surface area contributed by atoms with Crippen molar-refractivity contribution in [3.63, 3.8) is 0 Å². The fourth-order valence-corrected chi connectivity index (χ4v) is 5.54. The Bertz CT molecular complexity index is 1470. The average molecular weight is 650 g/mol. The molecule has 46 heavy (non-hydrogen) atoms. The molecule has 3 rings (SSSR count). The van der Waals surface area contributed by atoms with Gasteiger partial charge in [0, 0.05) is 25.8 Å². The first-order valence-electron chi connectivity index (χ1n) is 15.4. The highest BCUT2D eigenvalue weighted by Crippen LogP contribution is 2.33. The van der Waals surface area contributed by atoms with Crippen LogP contribution in [0.1, 0.15) is 60.6 Å². The van der Waals surface area contributed by atoms with Crippen LogP contribution >= 0.6 is 11.2 Å². The fraction of sp³-hybridized carbons (Fsp3) is 0.472. The summed E-state index contributed by atoms with van der Waals surface area (Å²) in [4.78, 5) is 27.0. The first kappa shape index (κ1) is 36.9. The van der Waals surface area contributed by atoms with Crippen LogP contribution in [0.2, 0.25) is 0 Å². The molecule has 248 valence electrons. The third kappa shape index (κ3) is 10.5. The zero-order valence-corrected chi connectivity index (χ0v) is 28.1. The van der Waals surface area contributed by atoms with Gasteiger partial charge in [-0.1, -0.05) is 65.7 Å². The van der Waals surface area contributed by atoms with E-state index >= 15 is 0 Å². The maximum absolute atomic E-state index is 12.5. The summed E-state index contributed by atoms with van der Waals surface area (Å²) in [6.07, 6.45) is 6.97. The molecular formula is C36H47N3O6S. The number of carbonyl (C=O) groups is 2. The Morgan fingerprint density at radius 2 is 1.83 bits per heavy atom. The summed E-state index contributed by atoms with van der Waals surface area (Å²) >= 11 is 1.27. The number of terminal acetylenes is 1. The molecule has 9 nitrogen and oxygen atoms in total. The van der Waals surface area contributed by atoms with E-state index in [0.717, 1.165) is 27.8 Å². The minimum absolute atomic E-state index is 0.199. The predicted molar refractivity (Wildman–Crippen MR) is 183 cm³/mol. The smallest absolute Gasteiger partial charge is 0.245 e. The number of allylic oxidation sites excluding steroid dienone is 1. The third-order valence-corrected chi connectivity index (χ3v) is 8.40. The minimum Gasteiger partial charge on any atom is -0.387 e. The number of rotatable bonds is 13. The Balaban J connectivity index is 1.52. The van der Waals surface area contributed by atoms with Crippen LogP contribution in [0.4, 0.5) is 0 Å². The van der Waals surface area contributed by atoms with E-state index in [4.69, 9.17) is 11.2 Å². The van der Waals surface area contributed by atoms with Gasteiger partial charge in [0.2, 0.25) is 11.8 Å². The molecule has 1 unspecified atom stereocenters. The number of ether oxygens (including phenoxy) is 1. The van der Waals surface area contributed by atoms with Crippen LogP contribution in [0, 0.1) is 24.5 Å². The van der Waals surface area contributed by atoms with E-state index in [1.807, 2.05) is 61.4 Å². The van der Waals surface area contributed by atoms with Crippen molar-refractivity contribution in [2.45, 2.75) is 76.1 Å². The van der Waals surface area contributed by atoms with Crippen LogP contribution in [0.3, 0.4) is 0 Å². The second kappa shape index (κ2) is 17.4. The van der Waals surface area contributed by atoms with E-state index in [0.29, 0.717) is 32.5 Å². The molecule has 0 saturated carbocycles. The molecule has 2 amide bonds. The van der Waals surface area contributed by atoms with Gasteiger partial charge in [0.1, 0.15) is 36.1 Å². The number of hydrogen-bond acceptors (Lipinski definition) is 7. The molecule has 5 atom stereocenters. The van der Waals surface area contributed by atoms with Gasteiger partial charge in [-0.05, 0) is 68.5 Å². The van der Waals surface area contributed by atoms with Crippen LogP contribution in [-0.2, 0) is 20.7 Å². The maximum Gasteiger partial charge on any atom is 0.245 e. The monoisotopic (exact) mass is 649 g/mol. The summed E-state index contributed by atoms with van der Waals surface area (Å²) in [5.41, 5.74) is 3.95. The van der Waals surface area contributed by atoms with Crippen LogP contribution in [0.25, 0.3) is 6.08 Å². The van der Waals surface area contributed by atoms with Crippen molar-refractivity contribution in [3.05, 3.63) is 76.4 Å². The zero-order valence-electron chi connectivity index (χ0n) is 27.3. The molecular weight excluding hydrogens is 602 g/mol. The normalized spacial score (nSPS) is 21.4. The van der Waals surface area contributed by atoms with E-state index in [1.54, 1.807) is 20.1 Å². The van der Waals surface area contributed by atoms with Crippen molar-refractivity contribution in [1.29, 1.82) is 0 Å². The molecule has 1 aliphatic rings. The lowest BCUT2D eigenvalue weighted by Crippen LogP contribution is -2.55. The van der Waals surface area contributed by atoms with Gasteiger partial charge in [-0.25, -0.2) is 0 Å². The van der Waals surface area contributed by atoms with Gasteiger partial charge >= 0.3 is 0 Å². The summed E-state index contributed by atoms with van der Waals surface area (Å²) in [5, 5.41) is 39.9. The number of nitrogens with one attached hydrogen (secondary N) is 2. The number of benzene rings is 2. The Labute approximate surface area is 276 Å². The summed E-state index contributed by atoms with van der Waals surface area (Å²) in [6, 6.07) is 14.0. The standard InChI is InChI=1S/C36H47N3O6S/c1-7-19-39(5)20-18-37-35(44)36(3,4)38-30(40)11-9-8-10-25-13-15-26(16-14-25)21-28-22-27(17-12-24(28)2)34-33(43)32(42)31(41)29(45-34)23-46-6/h1,8,10,12-17,22,29,31-34,41-43H,9,11,18-21H2,2-6H3,(H,37,44)(H,38,40)/b10-8+/t29?,31-,32+,33-,34+/m1/s1. The van der Waals surface area contributed by atoms with Crippen LogP contribution in [0.5, 0.6) is 0 Å². The number of aryl methyl sites for hydroxylation is 1. The fourth-order valence-electron chi connectivity index (χ4n) is 5.11. The molecule has 10 heteroatoms.